The Hall–Kier alpha value is -1.77. The Labute approximate surface area is 107 Å². The summed E-state index contributed by atoms with van der Waals surface area (Å²) >= 11 is 0. The number of hydrogen-bond acceptors (Lipinski definition) is 5. The van der Waals surface area contributed by atoms with E-state index >= 15 is 0 Å². The van der Waals surface area contributed by atoms with Gasteiger partial charge in [0.2, 0.25) is 0 Å². The Kier molecular flexibility index (Phi) is 6.62. The maximum Gasteiger partial charge on any atom is 0.101 e. The first kappa shape index (κ1) is 14.3. The third-order valence-electron chi connectivity index (χ3n) is 2.40. The zero-order valence-electron chi connectivity index (χ0n) is 10.6. The van der Waals surface area contributed by atoms with Gasteiger partial charge in [-0.05, 0) is 24.6 Å². The van der Waals surface area contributed by atoms with Crippen molar-refractivity contribution < 1.29 is 9.47 Å². The average molecular weight is 249 g/mol. The molecule has 0 unspecified atom stereocenters. The maximum atomic E-state index is 8.75. The fourth-order valence-electron chi connectivity index (χ4n) is 1.43. The van der Waals surface area contributed by atoms with Crippen LogP contribution in [0.3, 0.4) is 0 Å². The molecule has 0 amide bonds. The largest absolute Gasteiger partial charge is 0.398 e. The van der Waals surface area contributed by atoms with E-state index in [9.17, 15) is 0 Å². The molecule has 0 aromatic heterocycles. The molecule has 3 N–H and O–H groups in total. The second kappa shape index (κ2) is 8.34. The smallest absolute Gasteiger partial charge is 0.101 e. The van der Waals surface area contributed by atoms with E-state index in [-0.39, 0.29) is 0 Å². The maximum absolute atomic E-state index is 8.75. The highest BCUT2D eigenvalue weighted by atomic mass is 16.5. The molecule has 0 aliphatic heterocycles. The van der Waals surface area contributed by atoms with Crippen LogP contribution in [0, 0.1) is 11.3 Å². The van der Waals surface area contributed by atoms with Gasteiger partial charge in [-0.3, -0.25) is 0 Å². The molecule has 0 spiro atoms. The topological polar surface area (TPSA) is 80.3 Å². The fourth-order valence-corrected chi connectivity index (χ4v) is 1.43. The zero-order valence-corrected chi connectivity index (χ0v) is 10.6. The summed E-state index contributed by atoms with van der Waals surface area (Å²) in [5.74, 6) is 0. The van der Waals surface area contributed by atoms with Gasteiger partial charge in [0.1, 0.15) is 6.07 Å². The van der Waals surface area contributed by atoms with E-state index in [1.165, 1.54) is 0 Å². The number of methoxy groups -OCH3 is 1. The molecule has 0 atom stereocenters. The molecule has 0 saturated heterocycles. The number of ether oxygens (including phenoxy) is 2. The highest BCUT2D eigenvalue weighted by Gasteiger charge is 1.99. The molecule has 1 aromatic carbocycles. The highest BCUT2D eigenvalue weighted by molar-refractivity contribution is 5.62. The predicted molar refractivity (Wildman–Crippen MR) is 71.4 cm³/mol. The molecule has 5 heteroatoms. The molecule has 5 nitrogen and oxygen atoms in total. The summed E-state index contributed by atoms with van der Waals surface area (Å²) in [6, 6.07) is 7.36. The molecule has 1 aromatic rings. The van der Waals surface area contributed by atoms with Crippen LogP contribution in [0.2, 0.25) is 0 Å². The minimum Gasteiger partial charge on any atom is -0.398 e. The van der Waals surface area contributed by atoms with E-state index in [4.69, 9.17) is 20.5 Å². The molecule has 98 valence electrons. The number of nitrogen functional groups attached to an aromatic ring is 1. The molecule has 0 radical (unpaired) electrons. The summed E-state index contributed by atoms with van der Waals surface area (Å²) in [6.07, 6.45) is 0.906. The van der Waals surface area contributed by atoms with Crippen molar-refractivity contribution in [2.24, 2.45) is 0 Å². The molecule has 18 heavy (non-hydrogen) atoms. The highest BCUT2D eigenvalue weighted by Crippen LogP contribution is 2.16. The predicted octanol–water partition coefficient (Wildman–Crippen LogP) is 1.61. The lowest BCUT2D eigenvalue weighted by atomic mass is 10.2. The summed E-state index contributed by atoms with van der Waals surface area (Å²) in [4.78, 5) is 0. The van der Waals surface area contributed by atoms with Crippen molar-refractivity contribution in [3.63, 3.8) is 0 Å². The van der Waals surface area contributed by atoms with Crippen LogP contribution < -0.4 is 11.1 Å². The third kappa shape index (κ3) is 5.04. The van der Waals surface area contributed by atoms with Crippen molar-refractivity contribution in [2.75, 3.05) is 44.5 Å². The molecule has 1 rings (SSSR count). The van der Waals surface area contributed by atoms with Gasteiger partial charge in [0.25, 0.3) is 0 Å². The normalized spacial score (nSPS) is 10.0. The monoisotopic (exact) mass is 249 g/mol. The van der Waals surface area contributed by atoms with E-state index in [1.807, 2.05) is 12.1 Å². The number of hydrogen-bond donors (Lipinski definition) is 2. The lowest BCUT2D eigenvalue weighted by Gasteiger charge is -2.08. The second-order valence-electron chi connectivity index (χ2n) is 3.80. The summed E-state index contributed by atoms with van der Waals surface area (Å²) in [5.41, 5.74) is 7.64. The Bertz CT molecular complexity index is 402. The Morgan fingerprint density at radius 1 is 1.33 bits per heavy atom. The summed E-state index contributed by atoms with van der Waals surface area (Å²) in [5, 5.41) is 12.0. The quantitative estimate of drug-likeness (QED) is 0.540. The summed E-state index contributed by atoms with van der Waals surface area (Å²) in [6.45, 7) is 2.75. The average Bonchev–Trinajstić information content (AvgIpc) is 2.38. The number of rotatable bonds is 8. The van der Waals surface area contributed by atoms with E-state index in [0.29, 0.717) is 31.1 Å². The van der Waals surface area contributed by atoms with Crippen molar-refractivity contribution in [1.82, 2.24) is 0 Å². The number of nitrogens with one attached hydrogen (secondary N) is 1. The van der Waals surface area contributed by atoms with Gasteiger partial charge in [-0.2, -0.15) is 5.26 Å². The van der Waals surface area contributed by atoms with Crippen molar-refractivity contribution in [3.05, 3.63) is 23.8 Å². The van der Waals surface area contributed by atoms with E-state index in [0.717, 1.165) is 18.7 Å². The third-order valence-corrected chi connectivity index (χ3v) is 2.40. The number of nitriles is 1. The van der Waals surface area contributed by atoms with Gasteiger partial charge >= 0.3 is 0 Å². The van der Waals surface area contributed by atoms with Crippen LogP contribution in [0.1, 0.15) is 12.0 Å². The van der Waals surface area contributed by atoms with Gasteiger partial charge in [0, 0.05) is 25.9 Å². The van der Waals surface area contributed by atoms with Crippen molar-refractivity contribution in [3.8, 4) is 6.07 Å². The van der Waals surface area contributed by atoms with Crippen LogP contribution in [-0.4, -0.2) is 33.5 Å². The van der Waals surface area contributed by atoms with Crippen LogP contribution >= 0.6 is 0 Å². The number of benzene rings is 1. The van der Waals surface area contributed by atoms with Gasteiger partial charge in [-0.25, -0.2) is 0 Å². The minimum atomic E-state index is 0.499. The molecule has 0 aliphatic carbocycles. The lowest BCUT2D eigenvalue weighted by Crippen LogP contribution is -2.08. The molecular formula is C13H19N3O2. The van der Waals surface area contributed by atoms with Crippen LogP contribution in [0.5, 0.6) is 0 Å². The Morgan fingerprint density at radius 3 is 2.83 bits per heavy atom. The van der Waals surface area contributed by atoms with Gasteiger partial charge in [-0.1, -0.05) is 0 Å². The first-order chi connectivity index (χ1) is 8.77. The number of nitrogens with zero attached hydrogens (tertiary/aromatic N) is 1. The van der Waals surface area contributed by atoms with Gasteiger partial charge in [0.15, 0.2) is 0 Å². The molecule has 0 aliphatic rings. The zero-order chi connectivity index (χ0) is 13.2. The van der Waals surface area contributed by atoms with Gasteiger partial charge in [0.05, 0.1) is 24.5 Å². The van der Waals surface area contributed by atoms with Gasteiger partial charge < -0.3 is 20.5 Å². The fraction of sp³-hybridized carbons (Fsp3) is 0.462. The minimum absolute atomic E-state index is 0.499. The number of nitrogens with two attached hydrogens (primary N) is 1. The molecule has 0 heterocycles. The molecular weight excluding hydrogens is 230 g/mol. The van der Waals surface area contributed by atoms with Crippen LogP contribution in [-0.2, 0) is 9.47 Å². The molecule has 0 bridgehead atoms. The number of anilines is 2. The van der Waals surface area contributed by atoms with E-state index in [1.54, 1.807) is 19.2 Å². The van der Waals surface area contributed by atoms with Crippen LogP contribution in [0.15, 0.2) is 18.2 Å². The van der Waals surface area contributed by atoms with E-state index < -0.39 is 0 Å². The van der Waals surface area contributed by atoms with E-state index in [2.05, 4.69) is 5.32 Å². The standard InChI is InChI=1S/C13H19N3O2/c1-17-7-8-18-6-2-5-16-12-4-3-11(10-14)13(15)9-12/h3-4,9,16H,2,5-8,15H2,1H3. The lowest BCUT2D eigenvalue weighted by molar-refractivity contribution is 0.0705. The van der Waals surface area contributed by atoms with Gasteiger partial charge in [-0.15, -0.1) is 0 Å². The van der Waals surface area contributed by atoms with Crippen molar-refractivity contribution in [1.29, 1.82) is 5.26 Å². The first-order valence-corrected chi connectivity index (χ1v) is 5.88. The summed E-state index contributed by atoms with van der Waals surface area (Å²) in [7, 11) is 1.65. The van der Waals surface area contributed by atoms with Crippen molar-refractivity contribution >= 4 is 11.4 Å². The molecule has 0 fully saturated rings. The first-order valence-electron chi connectivity index (χ1n) is 5.88. The SMILES string of the molecule is COCCOCCCNc1ccc(C#N)c(N)c1. The second-order valence-corrected chi connectivity index (χ2v) is 3.80. The summed E-state index contributed by atoms with van der Waals surface area (Å²) < 4.78 is 10.2. The Balaban J connectivity index is 2.20. The Morgan fingerprint density at radius 2 is 2.17 bits per heavy atom. The van der Waals surface area contributed by atoms with Crippen LogP contribution in [0.25, 0.3) is 0 Å². The van der Waals surface area contributed by atoms with Crippen LogP contribution in [0.4, 0.5) is 11.4 Å². The van der Waals surface area contributed by atoms with Crippen molar-refractivity contribution in [2.45, 2.75) is 6.42 Å². The molecule has 0 saturated carbocycles.